The Balaban J connectivity index is 0.986. The Morgan fingerprint density at radius 3 is 1.62 bits per heavy atom. The first-order valence-corrected chi connectivity index (χ1v) is 22.3. The molecule has 61 heavy (non-hydrogen) atoms. The maximum Gasteiger partial charge on any atom is 0.0361 e. The van der Waals surface area contributed by atoms with Crippen molar-refractivity contribution in [2.45, 2.75) is 38.5 Å². The molecule has 0 aliphatic heterocycles. The topological polar surface area (TPSA) is 0 Å². The molecule has 0 amide bonds. The van der Waals surface area contributed by atoms with Crippen LogP contribution in [0.4, 0.5) is 0 Å². The Hall–Kier alpha value is -6.80. The molecule has 2 aliphatic rings. The van der Waals surface area contributed by atoms with Crippen LogP contribution in [0.1, 0.15) is 49.9 Å². The van der Waals surface area contributed by atoms with E-state index in [1.807, 2.05) is 11.3 Å². The number of thiophene rings is 1. The van der Waals surface area contributed by atoms with Gasteiger partial charge in [0.2, 0.25) is 0 Å². The molecule has 0 saturated heterocycles. The van der Waals surface area contributed by atoms with Crippen LogP contribution in [-0.2, 0) is 10.8 Å². The van der Waals surface area contributed by atoms with Gasteiger partial charge in [0.05, 0.1) is 0 Å². The molecule has 0 spiro atoms. The van der Waals surface area contributed by atoms with Crippen molar-refractivity contribution in [2.24, 2.45) is 0 Å². The molecular weight excluding hydrogens is 753 g/mol. The number of fused-ring (bicyclic) bond motifs is 13. The summed E-state index contributed by atoms with van der Waals surface area (Å²) in [6.45, 7) is 9.64. The molecule has 0 unspecified atom stereocenters. The first kappa shape index (κ1) is 36.1. The third kappa shape index (κ3) is 5.37. The van der Waals surface area contributed by atoms with Crippen LogP contribution in [0.5, 0.6) is 0 Å². The zero-order valence-electron chi connectivity index (χ0n) is 34.9. The lowest BCUT2D eigenvalue weighted by Crippen LogP contribution is -2.15. The largest absolute Gasteiger partial charge is 0.135 e. The standard InChI is InChI=1S/C60H44S/c1-59(2)51-32-27-41(43-19-11-6-5-10-18-42(37-16-8-7-9-17-37)44-20-12-13-21-45(43)44)35-49(51)46-29-25-40(36-53(46)59)39-26-31-52-50(34-39)47-30-24-38-28-33-55-57(56(38)58(47)60(52,3)4)48-22-14-15-23-54(48)61-55/h5-36H,1-4H3. The molecule has 0 bridgehead atoms. The van der Waals surface area contributed by atoms with Crippen LogP contribution in [0.15, 0.2) is 194 Å². The van der Waals surface area contributed by atoms with E-state index in [1.165, 1.54) is 120 Å². The summed E-state index contributed by atoms with van der Waals surface area (Å²) in [5.74, 6) is 0. The summed E-state index contributed by atoms with van der Waals surface area (Å²) < 4.78 is 2.72. The molecule has 290 valence electrons. The second kappa shape index (κ2) is 13.4. The number of hydrogen-bond donors (Lipinski definition) is 0. The van der Waals surface area contributed by atoms with E-state index in [0.717, 1.165) is 0 Å². The maximum absolute atomic E-state index is 2.48. The lowest BCUT2D eigenvalue weighted by Gasteiger charge is -2.24. The fraction of sp³-hybridized carbons (Fsp3) is 0.100. The van der Waals surface area contributed by atoms with E-state index >= 15 is 0 Å². The second-order valence-corrected chi connectivity index (χ2v) is 19.1. The van der Waals surface area contributed by atoms with Crippen molar-refractivity contribution in [2.75, 3.05) is 0 Å². The molecule has 0 saturated carbocycles. The predicted molar refractivity (Wildman–Crippen MR) is 263 cm³/mol. The molecule has 0 atom stereocenters. The molecule has 1 aromatic heterocycles. The number of rotatable bonds is 3. The second-order valence-electron chi connectivity index (χ2n) is 18.0. The van der Waals surface area contributed by atoms with Gasteiger partial charge >= 0.3 is 0 Å². The number of benzene rings is 8. The molecule has 0 radical (unpaired) electrons. The van der Waals surface area contributed by atoms with Crippen molar-refractivity contribution in [3.63, 3.8) is 0 Å². The van der Waals surface area contributed by atoms with Crippen LogP contribution in [0, 0.1) is 0 Å². The Bertz CT molecular complexity index is 3520. The zero-order chi connectivity index (χ0) is 41.0. The first-order valence-electron chi connectivity index (χ1n) is 21.5. The first-order chi connectivity index (χ1) is 29.8. The van der Waals surface area contributed by atoms with Crippen molar-refractivity contribution in [1.82, 2.24) is 0 Å². The number of hydrogen-bond acceptors (Lipinski definition) is 1. The SMILES string of the molecule is CC1(C)c2ccc(-c3ccccccc(-c4ccccc4)c4ccccc34)cc2-c2ccc(-c3ccc4c(c3)-c3ccc5ccc6sc7ccccc7c6c5c3C4(C)C)cc21. The maximum atomic E-state index is 2.48. The Kier molecular flexibility index (Phi) is 7.90. The predicted octanol–water partition coefficient (Wildman–Crippen LogP) is 17.1. The highest BCUT2D eigenvalue weighted by atomic mass is 32.1. The normalized spacial score (nSPS) is 14.2. The molecule has 12 rings (SSSR count). The quantitative estimate of drug-likeness (QED) is 0.167. The molecular formula is C60H44S. The van der Waals surface area contributed by atoms with Gasteiger partial charge in [-0.1, -0.05) is 191 Å². The van der Waals surface area contributed by atoms with Crippen LogP contribution in [0.2, 0.25) is 0 Å². The van der Waals surface area contributed by atoms with Gasteiger partial charge in [-0.2, -0.15) is 0 Å². The molecule has 0 nitrogen and oxygen atoms in total. The van der Waals surface area contributed by atoms with Crippen molar-refractivity contribution >= 4 is 53.1 Å². The summed E-state index contributed by atoms with van der Waals surface area (Å²) >= 11 is 1.91. The molecule has 1 heteroatoms. The van der Waals surface area contributed by atoms with Crippen LogP contribution < -0.4 is 0 Å². The fourth-order valence-corrected chi connectivity index (χ4v) is 12.0. The van der Waals surface area contributed by atoms with Gasteiger partial charge in [-0.3, -0.25) is 0 Å². The van der Waals surface area contributed by atoms with Gasteiger partial charge in [0.15, 0.2) is 0 Å². The Morgan fingerprint density at radius 2 is 0.852 bits per heavy atom. The van der Waals surface area contributed by atoms with E-state index in [-0.39, 0.29) is 10.8 Å². The average Bonchev–Trinajstić information content (AvgIpc) is 3.87. The van der Waals surface area contributed by atoms with E-state index in [1.54, 1.807) is 0 Å². The van der Waals surface area contributed by atoms with E-state index in [2.05, 4.69) is 222 Å². The van der Waals surface area contributed by atoms with Gasteiger partial charge in [-0.05, 0) is 130 Å². The van der Waals surface area contributed by atoms with Gasteiger partial charge in [0, 0.05) is 31.0 Å². The minimum atomic E-state index is -0.144. The van der Waals surface area contributed by atoms with Gasteiger partial charge in [0.25, 0.3) is 0 Å². The molecule has 2 aliphatic carbocycles. The minimum Gasteiger partial charge on any atom is -0.135 e. The lowest BCUT2D eigenvalue weighted by atomic mass is 9.79. The Morgan fingerprint density at radius 1 is 0.311 bits per heavy atom. The summed E-state index contributed by atoms with van der Waals surface area (Å²) in [7, 11) is 0. The Labute approximate surface area is 361 Å². The van der Waals surface area contributed by atoms with Crippen molar-refractivity contribution in [1.29, 1.82) is 0 Å². The van der Waals surface area contributed by atoms with E-state index < -0.39 is 0 Å². The van der Waals surface area contributed by atoms with E-state index in [0.29, 0.717) is 0 Å². The minimum absolute atomic E-state index is 0.129. The molecule has 1 heterocycles. The van der Waals surface area contributed by atoms with E-state index in [4.69, 9.17) is 0 Å². The van der Waals surface area contributed by atoms with E-state index in [9.17, 15) is 0 Å². The third-order valence-electron chi connectivity index (χ3n) is 13.9. The highest BCUT2D eigenvalue weighted by Crippen LogP contribution is 2.55. The highest BCUT2D eigenvalue weighted by molar-refractivity contribution is 7.26. The van der Waals surface area contributed by atoms with Gasteiger partial charge in [-0.15, -0.1) is 11.3 Å². The summed E-state index contributed by atoms with van der Waals surface area (Å²) in [5, 5.41) is 7.96. The highest BCUT2D eigenvalue weighted by Gasteiger charge is 2.39. The third-order valence-corrected chi connectivity index (χ3v) is 15.0. The summed E-state index contributed by atoms with van der Waals surface area (Å²) in [4.78, 5) is 0. The van der Waals surface area contributed by atoms with Crippen LogP contribution in [0.3, 0.4) is 0 Å². The molecule has 0 fully saturated rings. The lowest BCUT2D eigenvalue weighted by molar-refractivity contribution is 0.660. The van der Waals surface area contributed by atoms with Gasteiger partial charge in [0.1, 0.15) is 0 Å². The summed E-state index contributed by atoms with van der Waals surface area (Å²) in [5.41, 5.74) is 18.1. The van der Waals surface area contributed by atoms with Crippen LogP contribution in [-0.4, -0.2) is 0 Å². The van der Waals surface area contributed by atoms with Gasteiger partial charge < -0.3 is 0 Å². The smallest absolute Gasteiger partial charge is 0.0361 e. The van der Waals surface area contributed by atoms with Crippen molar-refractivity contribution in [3.8, 4) is 55.6 Å². The van der Waals surface area contributed by atoms with Crippen LogP contribution >= 0.6 is 11.3 Å². The van der Waals surface area contributed by atoms with Crippen molar-refractivity contribution < 1.29 is 0 Å². The molecule has 10 aromatic rings. The monoisotopic (exact) mass is 796 g/mol. The average molecular weight is 797 g/mol. The molecule has 0 N–H and O–H groups in total. The zero-order valence-corrected chi connectivity index (χ0v) is 35.7. The fourth-order valence-electron chi connectivity index (χ4n) is 10.9. The molecule has 9 aromatic carbocycles. The summed E-state index contributed by atoms with van der Waals surface area (Å²) in [6.07, 6.45) is 0. The van der Waals surface area contributed by atoms with Crippen molar-refractivity contribution in [3.05, 3.63) is 216 Å². The summed E-state index contributed by atoms with van der Waals surface area (Å²) in [6, 6.07) is 72.6. The van der Waals surface area contributed by atoms with Crippen LogP contribution in [0.25, 0.3) is 97.4 Å². The van der Waals surface area contributed by atoms with Gasteiger partial charge in [-0.25, -0.2) is 0 Å².